The van der Waals surface area contributed by atoms with Gasteiger partial charge in [0.2, 0.25) is 5.91 Å². The van der Waals surface area contributed by atoms with Crippen molar-refractivity contribution < 1.29 is 14.3 Å². The van der Waals surface area contributed by atoms with Gasteiger partial charge in [0, 0.05) is 5.92 Å². The van der Waals surface area contributed by atoms with E-state index in [1.54, 1.807) is 31.2 Å². The second-order valence-electron chi connectivity index (χ2n) is 5.09. The topological polar surface area (TPSA) is 55.4 Å². The Labute approximate surface area is 119 Å². The SMILES string of the molecule is CCOC(=O)c1ccccc1NC(=O)C1CCCCC1. The summed E-state index contributed by atoms with van der Waals surface area (Å²) in [6.07, 6.45) is 5.30. The van der Waals surface area contributed by atoms with E-state index in [9.17, 15) is 9.59 Å². The van der Waals surface area contributed by atoms with E-state index < -0.39 is 5.97 Å². The molecule has 1 aliphatic rings. The Morgan fingerprint density at radius 3 is 2.60 bits per heavy atom. The van der Waals surface area contributed by atoms with E-state index in [1.807, 2.05) is 0 Å². The van der Waals surface area contributed by atoms with Crippen LogP contribution in [0.1, 0.15) is 49.4 Å². The highest BCUT2D eigenvalue weighted by Gasteiger charge is 2.22. The minimum atomic E-state index is -0.396. The molecule has 1 saturated carbocycles. The number of hydrogen-bond acceptors (Lipinski definition) is 3. The lowest BCUT2D eigenvalue weighted by atomic mass is 9.88. The van der Waals surface area contributed by atoms with Gasteiger partial charge in [-0.15, -0.1) is 0 Å². The Morgan fingerprint density at radius 2 is 1.90 bits per heavy atom. The number of anilines is 1. The number of para-hydroxylation sites is 1. The van der Waals surface area contributed by atoms with Crippen LogP contribution in [0.25, 0.3) is 0 Å². The van der Waals surface area contributed by atoms with E-state index in [4.69, 9.17) is 4.74 Å². The van der Waals surface area contributed by atoms with Crippen LogP contribution < -0.4 is 5.32 Å². The van der Waals surface area contributed by atoms with Gasteiger partial charge in [-0.1, -0.05) is 31.4 Å². The lowest BCUT2D eigenvalue weighted by Crippen LogP contribution is -2.25. The molecule has 0 aromatic heterocycles. The number of esters is 1. The lowest BCUT2D eigenvalue weighted by Gasteiger charge is -2.21. The van der Waals surface area contributed by atoms with Crippen molar-refractivity contribution in [1.82, 2.24) is 0 Å². The second-order valence-corrected chi connectivity index (χ2v) is 5.09. The quantitative estimate of drug-likeness (QED) is 0.857. The minimum Gasteiger partial charge on any atom is -0.462 e. The summed E-state index contributed by atoms with van der Waals surface area (Å²) in [6, 6.07) is 6.99. The zero-order chi connectivity index (χ0) is 14.4. The van der Waals surface area contributed by atoms with Crippen LogP contribution in [0.4, 0.5) is 5.69 Å². The number of carbonyl (C=O) groups is 2. The molecule has 4 nitrogen and oxygen atoms in total. The van der Waals surface area contributed by atoms with E-state index in [-0.39, 0.29) is 11.8 Å². The molecular weight excluding hydrogens is 254 g/mol. The van der Waals surface area contributed by atoms with E-state index in [1.165, 1.54) is 6.42 Å². The maximum Gasteiger partial charge on any atom is 0.340 e. The first kappa shape index (κ1) is 14.6. The molecule has 1 fully saturated rings. The standard InChI is InChI=1S/C16H21NO3/c1-2-20-16(19)13-10-6-7-11-14(13)17-15(18)12-8-4-3-5-9-12/h6-7,10-12H,2-5,8-9H2,1H3,(H,17,18). The molecule has 1 aromatic carbocycles. The predicted octanol–water partition coefficient (Wildman–Crippen LogP) is 3.38. The summed E-state index contributed by atoms with van der Waals surface area (Å²) >= 11 is 0. The second kappa shape index (κ2) is 7.08. The van der Waals surface area contributed by atoms with Gasteiger partial charge < -0.3 is 10.1 Å². The first-order valence-corrected chi connectivity index (χ1v) is 7.29. The Bertz CT molecular complexity index is 478. The summed E-state index contributed by atoms with van der Waals surface area (Å²) in [6.45, 7) is 2.09. The zero-order valence-corrected chi connectivity index (χ0v) is 11.9. The molecule has 0 atom stereocenters. The van der Waals surface area contributed by atoms with Crippen LogP contribution in [0, 0.1) is 5.92 Å². The highest BCUT2D eigenvalue weighted by Crippen LogP contribution is 2.26. The fourth-order valence-electron chi connectivity index (χ4n) is 2.58. The zero-order valence-electron chi connectivity index (χ0n) is 11.9. The summed E-state index contributed by atoms with van der Waals surface area (Å²) in [5.41, 5.74) is 0.958. The van der Waals surface area contributed by atoms with Crippen LogP contribution in [-0.4, -0.2) is 18.5 Å². The Balaban J connectivity index is 2.08. The normalized spacial score (nSPS) is 15.7. The van der Waals surface area contributed by atoms with Crippen molar-refractivity contribution in [3.05, 3.63) is 29.8 Å². The first-order valence-electron chi connectivity index (χ1n) is 7.29. The average molecular weight is 275 g/mol. The van der Waals surface area contributed by atoms with Gasteiger partial charge in [-0.3, -0.25) is 4.79 Å². The van der Waals surface area contributed by atoms with Crippen molar-refractivity contribution in [3.63, 3.8) is 0 Å². The van der Waals surface area contributed by atoms with Crippen molar-refractivity contribution in [3.8, 4) is 0 Å². The number of carbonyl (C=O) groups excluding carboxylic acids is 2. The van der Waals surface area contributed by atoms with Gasteiger partial charge >= 0.3 is 5.97 Å². The Morgan fingerprint density at radius 1 is 1.20 bits per heavy atom. The van der Waals surface area contributed by atoms with Crippen molar-refractivity contribution >= 4 is 17.6 Å². The fraction of sp³-hybridized carbons (Fsp3) is 0.500. The highest BCUT2D eigenvalue weighted by atomic mass is 16.5. The van der Waals surface area contributed by atoms with Crippen LogP contribution in [0.2, 0.25) is 0 Å². The molecule has 0 saturated heterocycles. The third-order valence-electron chi connectivity index (χ3n) is 3.66. The van der Waals surface area contributed by atoms with Crippen LogP contribution >= 0.6 is 0 Å². The molecule has 1 aliphatic carbocycles. The summed E-state index contributed by atoms with van der Waals surface area (Å²) in [5, 5.41) is 2.88. The largest absolute Gasteiger partial charge is 0.462 e. The summed E-state index contributed by atoms with van der Waals surface area (Å²) in [5.74, 6) is -0.313. The summed E-state index contributed by atoms with van der Waals surface area (Å²) in [7, 11) is 0. The molecule has 1 N–H and O–H groups in total. The van der Waals surface area contributed by atoms with Crippen molar-refractivity contribution in [2.75, 3.05) is 11.9 Å². The first-order chi connectivity index (χ1) is 9.72. The van der Waals surface area contributed by atoms with Gasteiger partial charge in [-0.05, 0) is 31.9 Å². The molecule has 1 aromatic rings. The molecule has 0 heterocycles. The third-order valence-corrected chi connectivity index (χ3v) is 3.66. The van der Waals surface area contributed by atoms with Crippen molar-refractivity contribution in [2.45, 2.75) is 39.0 Å². The van der Waals surface area contributed by atoms with Gasteiger partial charge in [-0.2, -0.15) is 0 Å². The van der Waals surface area contributed by atoms with Gasteiger partial charge in [0.25, 0.3) is 0 Å². The third kappa shape index (κ3) is 3.59. The van der Waals surface area contributed by atoms with E-state index in [0.717, 1.165) is 25.7 Å². The monoisotopic (exact) mass is 275 g/mol. The fourth-order valence-corrected chi connectivity index (χ4v) is 2.58. The number of rotatable bonds is 4. The van der Waals surface area contributed by atoms with Gasteiger partial charge in [-0.25, -0.2) is 4.79 Å². The molecule has 1 amide bonds. The maximum atomic E-state index is 12.2. The molecule has 20 heavy (non-hydrogen) atoms. The average Bonchev–Trinajstić information content (AvgIpc) is 2.49. The molecular formula is C16H21NO3. The van der Waals surface area contributed by atoms with E-state index in [0.29, 0.717) is 17.9 Å². The molecule has 108 valence electrons. The van der Waals surface area contributed by atoms with Crippen LogP contribution in [0.3, 0.4) is 0 Å². The predicted molar refractivity (Wildman–Crippen MR) is 77.6 cm³/mol. The number of benzene rings is 1. The molecule has 0 bridgehead atoms. The van der Waals surface area contributed by atoms with Crippen molar-refractivity contribution in [2.24, 2.45) is 5.92 Å². The molecule has 0 spiro atoms. The maximum absolute atomic E-state index is 12.2. The molecule has 2 rings (SSSR count). The van der Waals surface area contributed by atoms with Crippen molar-refractivity contribution in [1.29, 1.82) is 0 Å². The van der Waals surface area contributed by atoms with Gasteiger partial charge in [0.05, 0.1) is 17.9 Å². The van der Waals surface area contributed by atoms with Gasteiger partial charge in [0.1, 0.15) is 0 Å². The number of amides is 1. The summed E-state index contributed by atoms with van der Waals surface area (Å²) < 4.78 is 5.01. The van der Waals surface area contributed by atoms with Crippen LogP contribution in [0.15, 0.2) is 24.3 Å². The molecule has 0 aliphatic heterocycles. The molecule has 0 unspecified atom stereocenters. The smallest absolute Gasteiger partial charge is 0.340 e. The number of hydrogen-bond donors (Lipinski definition) is 1. The lowest BCUT2D eigenvalue weighted by molar-refractivity contribution is -0.120. The summed E-state index contributed by atoms with van der Waals surface area (Å²) in [4.78, 5) is 24.1. The van der Waals surface area contributed by atoms with Crippen LogP contribution in [-0.2, 0) is 9.53 Å². The molecule has 0 radical (unpaired) electrons. The number of ether oxygens (including phenoxy) is 1. The van der Waals surface area contributed by atoms with E-state index >= 15 is 0 Å². The number of nitrogens with one attached hydrogen (secondary N) is 1. The highest BCUT2D eigenvalue weighted by molar-refractivity contribution is 6.01. The van der Waals surface area contributed by atoms with Gasteiger partial charge in [0.15, 0.2) is 0 Å². The minimum absolute atomic E-state index is 0.0152. The molecule has 4 heteroatoms. The Kier molecular flexibility index (Phi) is 5.16. The Hall–Kier alpha value is -1.84. The van der Waals surface area contributed by atoms with Crippen LogP contribution in [0.5, 0.6) is 0 Å². The van der Waals surface area contributed by atoms with E-state index in [2.05, 4.69) is 5.32 Å².